The molecule has 184 valence electrons. The molecule has 0 aromatic heterocycles. The molecule has 1 saturated heterocycles. The Morgan fingerprint density at radius 3 is 2.47 bits per heavy atom. The fourth-order valence-electron chi connectivity index (χ4n) is 3.84. The molecule has 0 radical (unpaired) electrons. The molecule has 7 nitrogen and oxygen atoms in total. The summed E-state index contributed by atoms with van der Waals surface area (Å²) >= 11 is 12.5. The second kappa shape index (κ2) is 10.4. The normalized spacial score (nSPS) is 14.8. The average molecular weight is 525 g/mol. The van der Waals surface area contributed by atoms with Crippen molar-refractivity contribution in [2.24, 2.45) is 0 Å². The number of anilines is 1. The minimum absolute atomic E-state index is 0.199. The zero-order valence-corrected chi connectivity index (χ0v) is 21.2. The van der Waals surface area contributed by atoms with Gasteiger partial charge >= 0.3 is 6.03 Å². The van der Waals surface area contributed by atoms with E-state index >= 15 is 0 Å². The molecule has 0 unspecified atom stereocenters. The molecule has 0 spiro atoms. The second-order valence-corrected chi connectivity index (χ2v) is 9.04. The van der Waals surface area contributed by atoms with Crippen molar-refractivity contribution in [1.29, 1.82) is 0 Å². The van der Waals surface area contributed by atoms with E-state index < -0.39 is 17.8 Å². The topological polar surface area (TPSA) is 84.9 Å². The number of barbiturate groups is 1. The van der Waals surface area contributed by atoms with E-state index in [2.05, 4.69) is 5.32 Å². The van der Waals surface area contributed by atoms with Crippen molar-refractivity contribution >= 4 is 52.8 Å². The predicted molar refractivity (Wildman–Crippen MR) is 139 cm³/mol. The largest absolute Gasteiger partial charge is 0.493 e. The van der Waals surface area contributed by atoms with E-state index in [1.165, 1.54) is 13.2 Å². The summed E-state index contributed by atoms with van der Waals surface area (Å²) in [6, 6.07) is 14.8. The third kappa shape index (κ3) is 5.22. The number of nitrogens with one attached hydrogen (secondary N) is 1. The maximum Gasteiger partial charge on any atom is 0.335 e. The number of halogens is 2. The smallest absolute Gasteiger partial charge is 0.335 e. The maximum absolute atomic E-state index is 13.3. The van der Waals surface area contributed by atoms with Gasteiger partial charge in [-0.25, -0.2) is 9.69 Å². The van der Waals surface area contributed by atoms with Gasteiger partial charge in [0.2, 0.25) is 0 Å². The first-order valence-electron chi connectivity index (χ1n) is 10.9. The Morgan fingerprint density at radius 1 is 1.00 bits per heavy atom. The van der Waals surface area contributed by atoms with Crippen LogP contribution in [0.15, 0.2) is 60.2 Å². The molecular weight excluding hydrogens is 503 g/mol. The van der Waals surface area contributed by atoms with Gasteiger partial charge < -0.3 is 9.47 Å². The number of amides is 4. The highest BCUT2D eigenvalue weighted by Crippen LogP contribution is 2.38. The summed E-state index contributed by atoms with van der Waals surface area (Å²) < 4.78 is 11.3. The summed E-state index contributed by atoms with van der Waals surface area (Å²) in [6.07, 6.45) is 1.36. The lowest BCUT2D eigenvalue weighted by Gasteiger charge is -2.27. The van der Waals surface area contributed by atoms with Crippen LogP contribution in [0.3, 0.4) is 0 Å². The van der Waals surface area contributed by atoms with Gasteiger partial charge in [-0.05, 0) is 66.9 Å². The molecule has 0 atom stereocenters. The number of methoxy groups -OCH3 is 1. The first kappa shape index (κ1) is 25.3. The lowest BCUT2D eigenvalue weighted by atomic mass is 10.0. The van der Waals surface area contributed by atoms with Crippen molar-refractivity contribution in [3.63, 3.8) is 0 Å². The van der Waals surface area contributed by atoms with Crippen molar-refractivity contribution in [1.82, 2.24) is 5.32 Å². The number of carbonyl (C=O) groups is 3. The van der Waals surface area contributed by atoms with Crippen LogP contribution in [0.25, 0.3) is 6.08 Å². The van der Waals surface area contributed by atoms with Crippen molar-refractivity contribution in [2.75, 3.05) is 12.0 Å². The molecule has 4 amide bonds. The van der Waals surface area contributed by atoms with Crippen LogP contribution in [-0.4, -0.2) is 25.0 Å². The van der Waals surface area contributed by atoms with E-state index in [9.17, 15) is 14.4 Å². The number of ether oxygens (including phenoxy) is 2. The molecule has 1 heterocycles. The Kier molecular flexibility index (Phi) is 7.33. The van der Waals surface area contributed by atoms with E-state index in [1.807, 2.05) is 25.1 Å². The van der Waals surface area contributed by atoms with E-state index in [4.69, 9.17) is 32.7 Å². The van der Waals surface area contributed by atoms with Crippen LogP contribution in [0.4, 0.5) is 10.5 Å². The molecule has 0 aliphatic carbocycles. The number of benzene rings is 3. The Bertz CT molecular complexity index is 1420. The Morgan fingerprint density at radius 2 is 1.78 bits per heavy atom. The van der Waals surface area contributed by atoms with Gasteiger partial charge in [-0.2, -0.15) is 0 Å². The summed E-state index contributed by atoms with van der Waals surface area (Å²) in [7, 11) is 1.45. The summed E-state index contributed by atoms with van der Waals surface area (Å²) in [5, 5.41) is 3.03. The number of rotatable bonds is 6. The van der Waals surface area contributed by atoms with Crippen molar-refractivity contribution < 1.29 is 23.9 Å². The van der Waals surface area contributed by atoms with E-state index in [0.29, 0.717) is 27.8 Å². The lowest BCUT2D eigenvalue weighted by Crippen LogP contribution is -2.54. The molecule has 1 fully saturated rings. The zero-order chi connectivity index (χ0) is 26.0. The van der Waals surface area contributed by atoms with Gasteiger partial charge in [0.1, 0.15) is 12.2 Å². The Labute approximate surface area is 218 Å². The number of nitrogens with zero attached hydrogens (tertiary/aromatic N) is 1. The third-order valence-corrected chi connectivity index (χ3v) is 6.05. The molecule has 3 aromatic rings. The molecule has 3 aromatic carbocycles. The molecule has 0 bridgehead atoms. The predicted octanol–water partition coefficient (Wildman–Crippen LogP) is 5.86. The minimum atomic E-state index is -0.811. The van der Waals surface area contributed by atoms with Crippen molar-refractivity contribution in [2.45, 2.75) is 20.5 Å². The van der Waals surface area contributed by atoms with Crippen LogP contribution >= 0.6 is 23.2 Å². The summed E-state index contributed by atoms with van der Waals surface area (Å²) in [5.74, 6) is -0.940. The summed E-state index contributed by atoms with van der Waals surface area (Å²) in [5.41, 5.74) is 3.13. The quantitative estimate of drug-likeness (QED) is 0.322. The van der Waals surface area contributed by atoms with Gasteiger partial charge in [0.05, 0.1) is 17.8 Å². The van der Waals surface area contributed by atoms with Crippen LogP contribution in [0.1, 0.15) is 22.3 Å². The first-order chi connectivity index (χ1) is 17.2. The highest BCUT2D eigenvalue weighted by atomic mass is 35.5. The molecule has 9 heteroatoms. The van der Waals surface area contributed by atoms with Gasteiger partial charge in [-0.1, -0.05) is 53.0 Å². The number of carbonyl (C=O) groups excluding carboxylic acids is 3. The molecule has 1 aliphatic heterocycles. The number of imide groups is 2. The molecule has 1 N–H and O–H groups in total. The summed E-state index contributed by atoms with van der Waals surface area (Å²) in [6.45, 7) is 3.89. The number of aryl methyl sites for hydroxylation is 2. The van der Waals surface area contributed by atoms with Crippen LogP contribution in [-0.2, 0) is 16.2 Å². The Hall–Kier alpha value is -3.81. The highest BCUT2D eigenvalue weighted by molar-refractivity contribution is 6.39. The first-order valence-corrected chi connectivity index (χ1v) is 11.7. The highest BCUT2D eigenvalue weighted by Gasteiger charge is 2.37. The van der Waals surface area contributed by atoms with Gasteiger partial charge in [-0.3, -0.25) is 14.9 Å². The zero-order valence-electron chi connectivity index (χ0n) is 19.7. The van der Waals surface area contributed by atoms with E-state index in [0.717, 1.165) is 21.6 Å². The standard InChI is InChI=1S/C27H22Cl2N2O5/c1-15-7-8-22(16(2)9-15)31-26(33)20(25(32)30-27(31)34)11-18-12-21(29)24(23(13-18)35-3)36-14-17-5-4-6-19(28)10-17/h4-13H,14H2,1-3H3,(H,30,32,34)/b20-11+. The van der Waals surface area contributed by atoms with Crippen molar-refractivity contribution in [3.8, 4) is 11.5 Å². The molecule has 1 aliphatic rings. The fraction of sp³-hybridized carbons (Fsp3) is 0.148. The maximum atomic E-state index is 13.3. The lowest BCUT2D eigenvalue weighted by molar-refractivity contribution is -0.122. The van der Waals surface area contributed by atoms with Gasteiger partial charge in [0.25, 0.3) is 11.8 Å². The summed E-state index contributed by atoms with van der Waals surface area (Å²) in [4.78, 5) is 39.3. The van der Waals surface area contributed by atoms with Gasteiger partial charge in [0.15, 0.2) is 11.5 Å². The van der Waals surface area contributed by atoms with E-state index in [1.54, 1.807) is 43.3 Å². The van der Waals surface area contributed by atoms with Gasteiger partial charge in [0, 0.05) is 5.02 Å². The van der Waals surface area contributed by atoms with Crippen molar-refractivity contribution in [3.05, 3.63) is 92.5 Å². The monoisotopic (exact) mass is 524 g/mol. The van der Waals surface area contributed by atoms with Crippen LogP contribution in [0.2, 0.25) is 10.0 Å². The fourth-order valence-corrected chi connectivity index (χ4v) is 4.33. The number of hydrogen-bond donors (Lipinski definition) is 1. The van der Waals surface area contributed by atoms with Gasteiger partial charge in [-0.15, -0.1) is 0 Å². The average Bonchev–Trinajstić information content (AvgIpc) is 2.82. The third-order valence-electron chi connectivity index (χ3n) is 5.53. The molecular formula is C27H22Cl2N2O5. The number of urea groups is 1. The number of hydrogen-bond acceptors (Lipinski definition) is 5. The molecule has 36 heavy (non-hydrogen) atoms. The minimum Gasteiger partial charge on any atom is -0.493 e. The molecule has 0 saturated carbocycles. The second-order valence-electron chi connectivity index (χ2n) is 8.20. The van der Waals surface area contributed by atoms with E-state index in [-0.39, 0.29) is 17.2 Å². The van der Waals surface area contributed by atoms with Crippen LogP contribution in [0.5, 0.6) is 11.5 Å². The molecule has 4 rings (SSSR count). The SMILES string of the molecule is COc1cc(/C=C2\C(=O)NC(=O)N(c3ccc(C)cc3C)C2=O)cc(Cl)c1OCc1cccc(Cl)c1. The van der Waals surface area contributed by atoms with Crippen LogP contribution in [0, 0.1) is 13.8 Å². The Balaban J connectivity index is 1.66. The van der Waals surface area contributed by atoms with Crippen LogP contribution < -0.4 is 19.7 Å².